The number of rotatable bonds is 5. The van der Waals surface area contributed by atoms with Crippen molar-refractivity contribution < 1.29 is 9.90 Å². The summed E-state index contributed by atoms with van der Waals surface area (Å²) >= 11 is 2.15. The van der Waals surface area contributed by atoms with Crippen LogP contribution in [0.25, 0.3) is 21.8 Å². The van der Waals surface area contributed by atoms with Crippen LogP contribution in [0.15, 0.2) is 128 Å². The fourth-order valence-corrected chi connectivity index (χ4v) is 4.43. The van der Waals surface area contributed by atoms with Gasteiger partial charge in [0.15, 0.2) is 0 Å². The molecule has 4 aromatic carbocycles. The number of alkyl halides is 1. The lowest BCUT2D eigenvalue weighted by Gasteiger charge is -2.09. The molecule has 0 saturated heterocycles. The minimum Gasteiger partial charge on any atom is -0.478 e. The largest absolute Gasteiger partial charge is 0.478 e. The maximum atomic E-state index is 11.6. The van der Waals surface area contributed by atoms with Crippen molar-refractivity contribution in [3.8, 4) is 0 Å². The molecule has 4 nitrogen and oxygen atoms in total. The zero-order chi connectivity index (χ0) is 35.5. The van der Waals surface area contributed by atoms with Crippen molar-refractivity contribution in [1.82, 2.24) is 9.97 Å². The first-order chi connectivity index (χ1) is 23.2. The van der Waals surface area contributed by atoms with Crippen LogP contribution in [0, 0.1) is 0 Å². The van der Waals surface area contributed by atoms with Gasteiger partial charge < -0.3 is 5.11 Å². The Morgan fingerprint density at radius 1 is 0.562 bits per heavy atom. The lowest BCUT2D eigenvalue weighted by molar-refractivity contribution is 0.0698. The second-order valence-corrected chi connectivity index (χ2v) is 8.84. The predicted octanol–water partition coefficient (Wildman–Crippen LogP) is 13.1. The first-order valence-corrected chi connectivity index (χ1v) is 18.7. The zero-order valence-electron chi connectivity index (χ0n) is 29.7. The van der Waals surface area contributed by atoms with E-state index in [0.717, 1.165) is 23.1 Å². The van der Waals surface area contributed by atoms with E-state index >= 15 is 0 Å². The molecule has 0 amide bonds. The number of fused-ring (bicyclic) bond motifs is 2. The SMILES string of the molecule is C.CC.CC.CC.CC.CI.O=C(O)c1c(Cc2ccccc2)cnc2ccccc12.c1ccc(Cc2cnc3ccccc3c2)cc1. The maximum absolute atomic E-state index is 11.6. The molecule has 2 aromatic heterocycles. The number of halogens is 1. The zero-order valence-corrected chi connectivity index (χ0v) is 31.8. The van der Waals surface area contributed by atoms with Gasteiger partial charge in [0.2, 0.25) is 0 Å². The van der Waals surface area contributed by atoms with Crippen LogP contribution in [-0.4, -0.2) is 26.0 Å². The van der Waals surface area contributed by atoms with Gasteiger partial charge in [-0.05, 0) is 58.2 Å². The molecular weight excluding hydrogens is 703 g/mol. The molecule has 0 aliphatic carbocycles. The van der Waals surface area contributed by atoms with E-state index in [1.165, 1.54) is 16.5 Å². The lowest BCUT2D eigenvalue weighted by Crippen LogP contribution is -2.05. The summed E-state index contributed by atoms with van der Waals surface area (Å²) in [6.07, 6.45) is 5.15. The molecule has 0 aliphatic rings. The van der Waals surface area contributed by atoms with Gasteiger partial charge in [-0.2, -0.15) is 0 Å². The van der Waals surface area contributed by atoms with Crippen LogP contribution < -0.4 is 0 Å². The summed E-state index contributed by atoms with van der Waals surface area (Å²) in [7, 11) is 0. The van der Waals surface area contributed by atoms with Crippen molar-refractivity contribution in [3.63, 3.8) is 0 Å². The Morgan fingerprint density at radius 2 is 1.00 bits per heavy atom. The molecule has 6 rings (SSSR count). The molecule has 5 heteroatoms. The smallest absolute Gasteiger partial charge is 0.336 e. The summed E-state index contributed by atoms with van der Waals surface area (Å²) in [6, 6.07) is 38.1. The average molecular weight is 761 g/mol. The molecule has 0 saturated carbocycles. The molecular formula is C43H57IN2O2. The van der Waals surface area contributed by atoms with Gasteiger partial charge in [0.25, 0.3) is 0 Å². The predicted molar refractivity (Wildman–Crippen MR) is 221 cm³/mol. The summed E-state index contributed by atoms with van der Waals surface area (Å²) < 4.78 is 0. The van der Waals surface area contributed by atoms with Crippen LogP contribution in [0.2, 0.25) is 0 Å². The monoisotopic (exact) mass is 760 g/mol. The van der Waals surface area contributed by atoms with E-state index in [1.54, 1.807) is 12.3 Å². The van der Waals surface area contributed by atoms with E-state index in [1.807, 2.05) is 133 Å². The Labute approximate surface area is 304 Å². The molecule has 48 heavy (non-hydrogen) atoms. The Balaban J connectivity index is 0. The van der Waals surface area contributed by atoms with Gasteiger partial charge in [0, 0.05) is 23.2 Å². The van der Waals surface area contributed by atoms with Gasteiger partial charge in [-0.25, -0.2) is 4.79 Å². The lowest BCUT2D eigenvalue weighted by atomic mass is 9.98. The number of aromatic nitrogens is 2. The molecule has 6 aromatic rings. The van der Waals surface area contributed by atoms with Crippen molar-refractivity contribution >= 4 is 50.4 Å². The highest BCUT2D eigenvalue weighted by atomic mass is 127. The topological polar surface area (TPSA) is 63.1 Å². The molecule has 1 N–H and O–H groups in total. The minimum absolute atomic E-state index is 0. The van der Waals surface area contributed by atoms with Gasteiger partial charge in [0.05, 0.1) is 16.6 Å². The van der Waals surface area contributed by atoms with Crippen molar-refractivity contribution in [1.29, 1.82) is 0 Å². The molecule has 0 unspecified atom stereocenters. The number of carboxylic acids is 1. The number of para-hydroxylation sites is 2. The Kier molecular flexibility index (Phi) is 27.9. The fraction of sp³-hybridized carbons (Fsp3) is 0.279. The quantitative estimate of drug-likeness (QED) is 0.140. The fourth-order valence-electron chi connectivity index (χ4n) is 4.43. The van der Waals surface area contributed by atoms with Crippen molar-refractivity contribution in [3.05, 3.63) is 155 Å². The normalized spacial score (nSPS) is 8.79. The standard InChI is InChI=1S/C17H13NO2.C16H13N.4C2H6.CH3I.CH4/c19-17(20)16-13(10-12-6-2-1-3-7-12)11-18-15-9-5-4-8-14(15)16;1-2-6-13(7-3-1)10-14-11-15-8-4-5-9-16(15)17-12-14;5*1-2;/h1-9,11H,10H2,(H,19,20);1-9,11-12H,10H2;4*1-2H3;1H3;1H4. The highest BCUT2D eigenvalue weighted by molar-refractivity contribution is 14.1. The summed E-state index contributed by atoms with van der Waals surface area (Å²) in [5.41, 5.74) is 6.51. The molecule has 258 valence electrons. The van der Waals surface area contributed by atoms with E-state index in [-0.39, 0.29) is 7.43 Å². The number of carboxylic acid groups (broad SMARTS) is 1. The van der Waals surface area contributed by atoms with Gasteiger partial charge in [-0.1, -0.05) is 182 Å². The molecule has 0 atom stereocenters. The molecule has 0 spiro atoms. The van der Waals surface area contributed by atoms with Crippen molar-refractivity contribution in [2.45, 2.75) is 75.7 Å². The van der Waals surface area contributed by atoms with Crippen molar-refractivity contribution in [2.75, 3.05) is 4.93 Å². The van der Waals surface area contributed by atoms with Crippen LogP contribution >= 0.6 is 22.6 Å². The second kappa shape index (κ2) is 29.1. The number of carbonyl (C=O) groups is 1. The molecule has 0 fully saturated rings. The third-order valence-corrected chi connectivity index (χ3v) is 6.20. The highest BCUT2D eigenvalue weighted by Crippen LogP contribution is 2.23. The van der Waals surface area contributed by atoms with E-state index in [9.17, 15) is 9.90 Å². The number of hydrogen-bond donors (Lipinski definition) is 1. The highest BCUT2D eigenvalue weighted by Gasteiger charge is 2.15. The summed E-state index contributed by atoms with van der Waals surface area (Å²) in [6.45, 7) is 16.0. The number of aromatic carboxylic acids is 1. The Morgan fingerprint density at radius 3 is 1.54 bits per heavy atom. The van der Waals surface area contributed by atoms with Crippen LogP contribution in [0.1, 0.15) is 95.4 Å². The summed E-state index contributed by atoms with van der Waals surface area (Å²) in [5, 5.41) is 11.4. The van der Waals surface area contributed by atoms with Gasteiger partial charge in [-0.15, -0.1) is 0 Å². The van der Waals surface area contributed by atoms with Gasteiger partial charge in [-0.3, -0.25) is 9.97 Å². The molecule has 0 radical (unpaired) electrons. The summed E-state index contributed by atoms with van der Waals surface area (Å²) in [5.74, 6) is -0.908. The first-order valence-electron chi connectivity index (χ1n) is 16.6. The van der Waals surface area contributed by atoms with E-state index in [0.29, 0.717) is 22.9 Å². The average Bonchev–Trinajstić information content (AvgIpc) is 3.16. The number of benzene rings is 4. The van der Waals surface area contributed by atoms with Crippen LogP contribution in [-0.2, 0) is 12.8 Å². The summed E-state index contributed by atoms with van der Waals surface area (Å²) in [4.78, 5) is 22.4. The molecule has 0 aliphatic heterocycles. The minimum atomic E-state index is -0.908. The number of nitrogens with zero attached hydrogens (tertiary/aromatic N) is 2. The van der Waals surface area contributed by atoms with E-state index in [2.05, 4.69) is 75.0 Å². The van der Waals surface area contributed by atoms with Crippen LogP contribution in [0.4, 0.5) is 0 Å². The number of pyridine rings is 2. The Bertz CT molecular complexity index is 1660. The Hall–Kier alpha value is -4.10. The molecule has 2 heterocycles. The maximum Gasteiger partial charge on any atom is 0.336 e. The van der Waals surface area contributed by atoms with Gasteiger partial charge in [0.1, 0.15) is 0 Å². The van der Waals surface area contributed by atoms with E-state index in [4.69, 9.17) is 0 Å². The van der Waals surface area contributed by atoms with Gasteiger partial charge >= 0.3 is 5.97 Å². The number of hydrogen-bond acceptors (Lipinski definition) is 3. The third kappa shape index (κ3) is 15.2. The van der Waals surface area contributed by atoms with Crippen molar-refractivity contribution in [2.24, 2.45) is 0 Å². The van der Waals surface area contributed by atoms with Crippen LogP contribution in [0.3, 0.4) is 0 Å². The third-order valence-electron chi connectivity index (χ3n) is 6.20. The van der Waals surface area contributed by atoms with Crippen LogP contribution in [0.5, 0.6) is 0 Å². The molecule has 0 bridgehead atoms. The first kappa shape index (κ1) is 46.0. The van der Waals surface area contributed by atoms with E-state index < -0.39 is 5.97 Å². The second-order valence-electron chi connectivity index (χ2n) is 8.84.